The van der Waals surface area contributed by atoms with Crippen LogP contribution in [0.1, 0.15) is 115 Å². The first-order chi connectivity index (χ1) is 30.5. The number of amides is 5. The van der Waals surface area contributed by atoms with Crippen LogP contribution in [-0.4, -0.2) is 115 Å². The summed E-state index contributed by atoms with van der Waals surface area (Å²) in [6, 6.07) is 9.41. The number of ether oxygens (including phenoxy) is 3. The highest BCUT2D eigenvalue weighted by molar-refractivity contribution is 6.07. The number of unbranched alkanes of at least 4 members (excludes halogenated alkanes) is 1. The number of carbonyl (C=O) groups excluding carboxylic acids is 6. The van der Waals surface area contributed by atoms with Crippen LogP contribution < -0.4 is 30.9 Å². The Kier molecular flexibility index (Phi) is 14.8. The number of nitrogens with one attached hydrogen (secondary N) is 2. The lowest BCUT2D eigenvalue weighted by Gasteiger charge is -2.43. The topological polar surface area (TPSA) is 216 Å². The number of hydrogen-bond donors (Lipinski definition) is 3. The Morgan fingerprint density at radius 2 is 1.78 bits per heavy atom. The number of rotatable bonds is 20. The molecule has 1 aromatic heterocycles. The number of nitrogens with two attached hydrogens (primary N) is 1. The number of carbonyl (C=O) groups is 6. The maximum Gasteiger partial charge on any atom is 0.255 e. The molecule has 1 saturated heterocycles. The fraction of sp³-hybridized carbons (Fsp3) is 0.522. The Morgan fingerprint density at radius 3 is 2.52 bits per heavy atom. The van der Waals surface area contributed by atoms with E-state index in [1.807, 2.05) is 19.1 Å². The minimum absolute atomic E-state index is 0.00359. The zero-order valence-electron chi connectivity index (χ0n) is 36.4. The van der Waals surface area contributed by atoms with E-state index in [0.29, 0.717) is 72.7 Å². The van der Waals surface area contributed by atoms with E-state index in [4.69, 9.17) is 24.9 Å². The fourth-order valence-electron chi connectivity index (χ4n) is 8.97. The minimum Gasteiger partial charge on any atom is -0.496 e. The van der Waals surface area contributed by atoms with Crippen LogP contribution in [-0.2, 0) is 41.6 Å². The second kappa shape index (κ2) is 20.6. The molecule has 0 radical (unpaired) electrons. The maximum atomic E-state index is 13.3. The molecule has 4 N–H and O–H groups in total. The quantitative estimate of drug-likeness (QED) is 0.0831. The lowest BCUT2D eigenvalue weighted by Crippen LogP contribution is -2.55. The van der Waals surface area contributed by atoms with E-state index in [0.717, 1.165) is 42.8 Å². The van der Waals surface area contributed by atoms with E-state index in [9.17, 15) is 28.8 Å². The number of benzene rings is 2. The number of nitrogens with zero attached hydrogens (tertiary/aromatic N) is 5. The monoisotopic (exact) mass is 866 g/mol. The third-order valence-electron chi connectivity index (χ3n) is 12.4. The van der Waals surface area contributed by atoms with Gasteiger partial charge in [-0.25, -0.2) is 9.97 Å². The Balaban J connectivity index is 0.797. The summed E-state index contributed by atoms with van der Waals surface area (Å²) in [5.41, 5.74) is 9.84. The highest BCUT2D eigenvalue weighted by Gasteiger charge is 2.42. The molecule has 2 unspecified atom stereocenters. The molecule has 2 fully saturated rings. The van der Waals surface area contributed by atoms with Gasteiger partial charge in [-0.15, -0.1) is 0 Å². The van der Waals surface area contributed by atoms with Gasteiger partial charge in [-0.2, -0.15) is 0 Å². The molecule has 3 aromatic rings. The van der Waals surface area contributed by atoms with Crippen LogP contribution in [0.25, 0.3) is 0 Å². The van der Waals surface area contributed by atoms with Gasteiger partial charge in [0.1, 0.15) is 29.3 Å². The van der Waals surface area contributed by atoms with Crippen molar-refractivity contribution in [3.8, 4) is 5.75 Å². The number of anilines is 3. The molecule has 4 heterocycles. The summed E-state index contributed by atoms with van der Waals surface area (Å²) in [6.45, 7) is 3.21. The molecule has 17 nitrogen and oxygen atoms in total. The predicted molar refractivity (Wildman–Crippen MR) is 234 cm³/mol. The Morgan fingerprint density at radius 1 is 1.00 bits per heavy atom. The smallest absolute Gasteiger partial charge is 0.255 e. The zero-order chi connectivity index (χ0) is 44.6. The van der Waals surface area contributed by atoms with Gasteiger partial charge in [0, 0.05) is 73.4 Å². The van der Waals surface area contributed by atoms with Gasteiger partial charge in [0.05, 0.1) is 45.6 Å². The number of likely N-dealkylation sites (N-methyl/N-ethyl adjacent to an activating group) is 1. The van der Waals surface area contributed by atoms with Gasteiger partial charge in [0.25, 0.3) is 5.91 Å². The number of hydrogen-bond acceptors (Lipinski definition) is 13. The van der Waals surface area contributed by atoms with Crippen LogP contribution in [0.3, 0.4) is 0 Å². The molecule has 17 heteroatoms. The standard InChI is InChI=1S/C46H58N8O9/c1-4-35-46(60)52(2)37-24-48-40(50-43(37)54(35)31-10-5-6-11-31)23-29-16-15-28(22-39(29)61-3)38(55)14-7-8-20-62-26-30(47)27-63-21-19-42(57)49-34-13-9-12-32-33(34)25-53(45(32)59)36-17-18-41(56)51-44(36)58/h9,12-13,15-16,22,24,30-31,35-36H,4-8,10-11,14,17-21,23,25-27,47H2,1-3H3,(H,49,57)(H,51,56,58)/t30?,35-,36?/m1/s1. The normalized spacial score (nSPS) is 19.3. The first kappa shape index (κ1) is 45.3. The van der Waals surface area contributed by atoms with Crippen LogP contribution in [0.2, 0.25) is 0 Å². The second-order valence-electron chi connectivity index (χ2n) is 16.7. The summed E-state index contributed by atoms with van der Waals surface area (Å²) < 4.78 is 17.1. The molecule has 336 valence electrons. The van der Waals surface area contributed by atoms with Gasteiger partial charge in [-0.3, -0.25) is 34.1 Å². The van der Waals surface area contributed by atoms with Crippen molar-refractivity contribution in [3.05, 3.63) is 70.7 Å². The Hall–Kier alpha value is -5.78. The van der Waals surface area contributed by atoms with Gasteiger partial charge in [-0.1, -0.05) is 38.0 Å². The van der Waals surface area contributed by atoms with Crippen molar-refractivity contribution in [3.63, 3.8) is 0 Å². The summed E-state index contributed by atoms with van der Waals surface area (Å²) >= 11 is 0. The molecule has 3 atom stereocenters. The highest BCUT2D eigenvalue weighted by Crippen LogP contribution is 2.40. The molecule has 3 aliphatic heterocycles. The van der Waals surface area contributed by atoms with Crippen LogP contribution in [0.5, 0.6) is 5.75 Å². The van der Waals surface area contributed by atoms with Crippen LogP contribution in [0.15, 0.2) is 42.6 Å². The summed E-state index contributed by atoms with van der Waals surface area (Å²) in [7, 11) is 3.38. The van der Waals surface area contributed by atoms with E-state index in [1.54, 1.807) is 49.5 Å². The summed E-state index contributed by atoms with van der Waals surface area (Å²) in [5.74, 6) is 0.637. The minimum atomic E-state index is -0.742. The van der Waals surface area contributed by atoms with Crippen molar-refractivity contribution in [2.45, 2.75) is 115 Å². The number of ketones is 1. The van der Waals surface area contributed by atoms with Crippen molar-refractivity contribution < 1.29 is 43.0 Å². The van der Waals surface area contributed by atoms with Crippen LogP contribution in [0.4, 0.5) is 17.2 Å². The van der Waals surface area contributed by atoms with E-state index < -0.39 is 18.0 Å². The third kappa shape index (κ3) is 10.4. The zero-order valence-corrected chi connectivity index (χ0v) is 36.4. The number of fused-ring (bicyclic) bond motifs is 2. The molecule has 1 aliphatic carbocycles. The maximum absolute atomic E-state index is 13.3. The van der Waals surface area contributed by atoms with E-state index in [-0.39, 0.29) is 87.1 Å². The molecular formula is C46H58N8O9. The van der Waals surface area contributed by atoms with Crippen molar-refractivity contribution in [2.75, 3.05) is 55.7 Å². The average molecular weight is 867 g/mol. The van der Waals surface area contributed by atoms with Gasteiger partial charge in [-0.05, 0) is 56.7 Å². The summed E-state index contributed by atoms with van der Waals surface area (Å²) in [5, 5.41) is 5.14. The van der Waals surface area contributed by atoms with Gasteiger partial charge in [0.2, 0.25) is 23.6 Å². The lowest BCUT2D eigenvalue weighted by atomic mass is 10.0. The molecule has 5 amide bonds. The largest absolute Gasteiger partial charge is 0.496 e. The fourth-order valence-corrected chi connectivity index (χ4v) is 8.97. The molecule has 2 aromatic carbocycles. The van der Waals surface area contributed by atoms with Crippen molar-refractivity contribution in [2.24, 2.45) is 5.73 Å². The van der Waals surface area contributed by atoms with Crippen molar-refractivity contribution in [1.29, 1.82) is 0 Å². The van der Waals surface area contributed by atoms with Crippen LogP contribution in [0, 0.1) is 0 Å². The summed E-state index contributed by atoms with van der Waals surface area (Å²) in [4.78, 5) is 91.3. The van der Waals surface area contributed by atoms with Gasteiger partial charge < -0.3 is 40.0 Å². The number of piperidine rings is 1. The number of aromatic nitrogens is 2. The second-order valence-corrected chi connectivity index (χ2v) is 16.7. The van der Waals surface area contributed by atoms with Gasteiger partial charge >= 0.3 is 0 Å². The summed E-state index contributed by atoms with van der Waals surface area (Å²) in [6.07, 6.45) is 9.37. The Labute approximate surface area is 367 Å². The third-order valence-corrected chi connectivity index (χ3v) is 12.4. The lowest BCUT2D eigenvalue weighted by molar-refractivity contribution is -0.137. The highest BCUT2D eigenvalue weighted by atomic mass is 16.5. The first-order valence-corrected chi connectivity index (χ1v) is 22.1. The Bertz CT molecular complexity index is 2210. The number of methoxy groups -OCH3 is 1. The SMILES string of the molecule is CC[C@@H]1C(=O)N(C)c2cnc(Cc3ccc(C(=O)CCCCOCC(N)COCCC(=O)Nc4cccc5c4CN(C4CCC(=O)NC4=O)C5=O)cc3OC)nc2N1C1CCCC1. The first-order valence-electron chi connectivity index (χ1n) is 22.1. The van der Waals surface area contributed by atoms with Crippen LogP contribution >= 0.6 is 0 Å². The molecular weight excluding hydrogens is 809 g/mol. The predicted octanol–water partition coefficient (Wildman–Crippen LogP) is 4.08. The van der Waals surface area contributed by atoms with E-state index in [2.05, 4.69) is 20.5 Å². The molecule has 4 aliphatic rings. The number of Topliss-reactive ketones (excluding diaryl/α,β-unsaturated/α-hetero) is 1. The van der Waals surface area contributed by atoms with E-state index >= 15 is 0 Å². The molecule has 63 heavy (non-hydrogen) atoms. The molecule has 0 spiro atoms. The van der Waals surface area contributed by atoms with E-state index in [1.165, 1.54) is 4.90 Å². The van der Waals surface area contributed by atoms with Crippen molar-refractivity contribution >= 4 is 52.5 Å². The van der Waals surface area contributed by atoms with Crippen molar-refractivity contribution in [1.82, 2.24) is 20.2 Å². The average Bonchev–Trinajstić information content (AvgIpc) is 3.93. The number of imide groups is 1. The molecule has 0 bridgehead atoms. The van der Waals surface area contributed by atoms with Gasteiger partial charge in [0.15, 0.2) is 11.6 Å². The molecule has 7 rings (SSSR count). The molecule has 1 saturated carbocycles.